The van der Waals surface area contributed by atoms with Gasteiger partial charge < -0.3 is 14.4 Å². The summed E-state index contributed by atoms with van der Waals surface area (Å²) in [6.45, 7) is 17.5. The predicted molar refractivity (Wildman–Crippen MR) is 135 cm³/mol. The van der Waals surface area contributed by atoms with Crippen molar-refractivity contribution in [3.8, 4) is 5.75 Å². The van der Waals surface area contributed by atoms with Gasteiger partial charge in [0.1, 0.15) is 11.9 Å². The summed E-state index contributed by atoms with van der Waals surface area (Å²) in [6, 6.07) is 7.46. The molecular formula is C29H40N2O2. The molecule has 4 aliphatic rings. The number of ether oxygens (including phenoxy) is 2. The average Bonchev–Trinajstić information content (AvgIpc) is 3.53. The third-order valence-electron chi connectivity index (χ3n) is 8.61. The van der Waals surface area contributed by atoms with E-state index in [0.29, 0.717) is 23.6 Å². The van der Waals surface area contributed by atoms with Crippen molar-refractivity contribution < 1.29 is 9.47 Å². The molecule has 0 bridgehead atoms. The molecule has 3 atom stereocenters. The lowest BCUT2D eigenvalue weighted by Crippen LogP contribution is -2.43. The molecule has 0 aromatic heterocycles. The zero-order valence-corrected chi connectivity index (χ0v) is 20.1. The van der Waals surface area contributed by atoms with E-state index in [1.165, 1.54) is 56.3 Å². The Bertz CT molecular complexity index is 888. The predicted octanol–water partition coefficient (Wildman–Crippen LogP) is 5.80. The molecule has 1 spiro atoms. The molecule has 1 aliphatic carbocycles. The molecule has 1 saturated carbocycles. The van der Waals surface area contributed by atoms with E-state index >= 15 is 0 Å². The highest BCUT2D eigenvalue weighted by atomic mass is 16.5. The molecule has 178 valence electrons. The monoisotopic (exact) mass is 448 g/mol. The molecule has 0 amide bonds. The maximum Gasteiger partial charge on any atom is 0.120 e. The van der Waals surface area contributed by atoms with Crippen LogP contribution in [0, 0.1) is 5.41 Å². The summed E-state index contributed by atoms with van der Waals surface area (Å²) in [5.41, 5.74) is 4.16. The fourth-order valence-corrected chi connectivity index (χ4v) is 6.60. The zero-order valence-electron chi connectivity index (χ0n) is 20.1. The Hall–Kier alpha value is -2.04. The van der Waals surface area contributed by atoms with Crippen LogP contribution in [0.2, 0.25) is 0 Å². The van der Waals surface area contributed by atoms with Crippen molar-refractivity contribution in [2.24, 2.45) is 5.41 Å². The number of rotatable bonds is 8. The van der Waals surface area contributed by atoms with Crippen molar-refractivity contribution in [2.45, 2.75) is 76.1 Å². The zero-order chi connectivity index (χ0) is 22.8. The van der Waals surface area contributed by atoms with Crippen LogP contribution in [0.25, 0.3) is 5.70 Å². The van der Waals surface area contributed by atoms with Gasteiger partial charge in [-0.25, -0.2) is 0 Å². The van der Waals surface area contributed by atoms with E-state index in [2.05, 4.69) is 47.7 Å². The van der Waals surface area contributed by atoms with E-state index in [4.69, 9.17) is 9.47 Å². The minimum absolute atomic E-state index is 0.291. The minimum Gasteiger partial charge on any atom is -0.489 e. The normalized spacial score (nSPS) is 27.6. The molecule has 3 heterocycles. The molecule has 3 aliphatic heterocycles. The van der Waals surface area contributed by atoms with Crippen LogP contribution in [0.4, 0.5) is 0 Å². The van der Waals surface area contributed by atoms with Crippen LogP contribution in [0.1, 0.15) is 62.5 Å². The van der Waals surface area contributed by atoms with Crippen LogP contribution in [0.5, 0.6) is 5.75 Å². The SMILES string of the molecule is C=CCCC(C=C)N1Cc2cc(OC3CCCC3N3CCC4(CCOCC4)C3)ccc2C1=C. The van der Waals surface area contributed by atoms with Gasteiger partial charge >= 0.3 is 0 Å². The second-order valence-electron chi connectivity index (χ2n) is 10.6. The maximum atomic E-state index is 6.68. The molecule has 0 N–H and O–H groups in total. The van der Waals surface area contributed by atoms with E-state index < -0.39 is 0 Å². The van der Waals surface area contributed by atoms with E-state index in [-0.39, 0.29) is 0 Å². The number of fused-ring (bicyclic) bond motifs is 1. The Morgan fingerprint density at radius 1 is 1.18 bits per heavy atom. The maximum absolute atomic E-state index is 6.68. The van der Waals surface area contributed by atoms with Crippen LogP contribution >= 0.6 is 0 Å². The van der Waals surface area contributed by atoms with Gasteiger partial charge in [-0.15, -0.1) is 13.2 Å². The lowest BCUT2D eigenvalue weighted by Gasteiger charge is -2.35. The van der Waals surface area contributed by atoms with Crippen LogP contribution < -0.4 is 4.74 Å². The topological polar surface area (TPSA) is 24.9 Å². The number of hydrogen-bond acceptors (Lipinski definition) is 4. The lowest BCUT2D eigenvalue weighted by molar-refractivity contribution is 0.0131. The molecule has 4 heteroatoms. The van der Waals surface area contributed by atoms with Gasteiger partial charge in [0.15, 0.2) is 0 Å². The molecule has 1 aromatic rings. The van der Waals surface area contributed by atoms with Gasteiger partial charge in [-0.3, -0.25) is 4.90 Å². The van der Waals surface area contributed by atoms with Crippen molar-refractivity contribution in [1.82, 2.24) is 9.80 Å². The Morgan fingerprint density at radius 2 is 2.03 bits per heavy atom. The van der Waals surface area contributed by atoms with E-state index in [1.54, 1.807) is 0 Å². The van der Waals surface area contributed by atoms with Gasteiger partial charge in [0.25, 0.3) is 0 Å². The highest BCUT2D eigenvalue weighted by Gasteiger charge is 2.44. The van der Waals surface area contributed by atoms with Crippen LogP contribution in [0.15, 0.2) is 50.1 Å². The smallest absolute Gasteiger partial charge is 0.120 e. The first kappa shape index (κ1) is 22.7. The number of benzene rings is 1. The number of nitrogens with zero attached hydrogens (tertiary/aromatic N) is 2. The molecular weight excluding hydrogens is 408 g/mol. The standard InChI is InChI=1S/C29H40N2O2/c1-4-6-8-24(5-2)31-20-23-19-25(11-12-26(23)22(31)3)33-28-10-7-9-27(28)30-16-13-29(21-30)14-17-32-18-15-29/h4-5,11-12,19,24,27-28H,1-3,6-10,13-18,20-21H2. The van der Waals surface area contributed by atoms with Gasteiger partial charge in [-0.2, -0.15) is 0 Å². The van der Waals surface area contributed by atoms with E-state index in [9.17, 15) is 0 Å². The van der Waals surface area contributed by atoms with Crippen molar-refractivity contribution in [3.63, 3.8) is 0 Å². The minimum atomic E-state index is 0.291. The molecule has 5 rings (SSSR count). The Kier molecular flexibility index (Phi) is 6.67. The quantitative estimate of drug-likeness (QED) is 0.470. The molecule has 3 unspecified atom stereocenters. The van der Waals surface area contributed by atoms with Crippen molar-refractivity contribution in [1.29, 1.82) is 0 Å². The second-order valence-corrected chi connectivity index (χ2v) is 10.6. The van der Waals surface area contributed by atoms with Crippen molar-refractivity contribution in [2.75, 3.05) is 26.3 Å². The summed E-state index contributed by atoms with van der Waals surface area (Å²) >= 11 is 0. The van der Waals surface area contributed by atoms with E-state index in [1.807, 2.05) is 12.2 Å². The summed E-state index contributed by atoms with van der Waals surface area (Å²) in [7, 11) is 0. The molecule has 4 nitrogen and oxygen atoms in total. The van der Waals surface area contributed by atoms with Crippen LogP contribution in [-0.4, -0.2) is 54.3 Å². The summed E-state index contributed by atoms with van der Waals surface area (Å²) in [4.78, 5) is 5.12. The Morgan fingerprint density at radius 3 is 2.82 bits per heavy atom. The first-order chi connectivity index (χ1) is 16.1. The molecule has 1 aromatic carbocycles. The largest absolute Gasteiger partial charge is 0.489 e. The Balaban J connectivity index is 1.24. The third kappa shape index (κ3) is 4.52. The van der Waals surface area contributed by atoms with Crippen LogP contribution in [0.3, 0.4) is 0 Å². The average molecular weight is 449 g/mol. The summed E-state index contributed by atoms with van der Waals surface area (Å²) in [5, 5.41) is 0. The van der Waals surface area contributed by atoms with Gasteiger partial charge in [0, 0.05) is 49.6 Å². The van der Waals surface area contributed by atoms with Crippen molar-refractivity contribution >= 4 is 5.70 Å². The van der Waals surface area contributed by atoms with E-state index in [0.717, 1.165) is 50.5 Å². The van der Waals surface area contributed by atoms with Gasteiger partial charge in [0.2, 0.25) is 0 Å². The first-order valence-electron chi connectivity index (χ1n) is 12.9. The fraction of sp³-hybridized carbons (Fsp3) is 0.586. The van der Waals surface area contributed by atoms with Gasteiger partial charge in [-0.05, 0) is 87.1 Å². The molecule has 2 saturated heterocycles. The van der Waals surface area contributed by atoms with Gasteiger partial charge in [-0.1, -0.05) is 18.7 Å². The lowest BCUT2D eigenvalue weighted by atomic mass is 9.79. The van der Waals surface area contributed by atoms with Crippen LogP contribution in [-0.2, 0) is 11.3 Å². The Labute approximate surface area is 199 Å². The summed E-state index contributed by atoms with van der Waals surface area (Å²) in [6.07, 6.45) is 13.8. The first-order valence-corrected chi connectivity index (χ1v) is 12.9. The molecule has 0 radical (unpaired) electrons. The number of hydrogen-bond donors (Lipinski definition) is 0. The molecule has 3 fully saturated rings. The fourth-order valence-electron chi connectivity index (χ4n) is 6.60. The second kappa shape index (κ2) is 9.68. The highest BCUT2D eigenvalue weighted by molar-refractivity contribution is 5.70. The van der Waals surface area contributed by atoms with Crippen molar-refractivity contribution in [3.05, 3.63) is 61.2 Å². The molecule has 33 heavy (non-hydrogen) atoms. The third-order valence-corrected chi connectivity index (χ3v) is 8.61. The summed E-state index contributed by atoms with van der Waals surface area (Å²) in [5.74, 6) is 1.02. The highest BCUT2D eigenvalue weighted by Crippen LogP contribution is 2.43. The number of allylic oxidation sites excluding steroid dienone is 1. The van der Waals surface area contributed by atoms with Gasteiger partial charge in [0.05, 0.1) is 0 Å². The number of likely N-dealkylation sites (tertiary alicyclic amines) is 1. The summed E-state index contributed by atoms with van der Waals surface area (Å²) < 4.78 is 12.3.